The molecular weight excluding hydrogens is 412 g/mol. The van der Waals surface area contributed by atoms with Gasteiger partial charge in [-0.2, -0.15) is 18.4 Å². The Balaban J connectivity index is 1.90. The number of benzene rings is 2. The second kappa shape index (κ2) is 7.73. The van der Waals surface area contributed by atoms with Crippen LogP contribution in [0.25, 0.3) is 10.9 Å². The predicted octanol–water partition coefficient (Wildman–Crippen LogP) is 5.61. The van der Waals surface area contributed by atoms with Crippen molar-refractivity contribution in [1.29, 1.82) is 5.26 Å². The molecule has 0 aliphatic heterocycles. The van der Waals surface area contributed by atoms with Crippen molar-refractivity contribution in [3.63, 3.8) is 0 Å². The minimum Gasteiger partial charge on any atom is -0.481 e. The molecule has 0 amide bonds. The number of carboxylic acid groups (broad SMARTS) is 1. The Kier molecular flexibility index (Phi) is 5.21. The van der Waals surface area contributed by atoms with Crippen LogP contribution in [0.15, 0.2) is 36.4 Å². The predicted molar refractivity (Wildman–Crippen MR) is 105 cm³/mol. The fraction of sp³-hybridized carbons (Fsp3) is 0.304. The summed E-state index contributed by atoms with van der Waals surface area (Å²) in [6, 6.07) is 9.20. The van der Waals surface area contributed by atoms with Gasteiger partial charge in [-0.15, -0.1) is 0 Å². The topological polar surface area (TPSA) is 66.0 Å². The maximum atomic E-state index is 14.2. The van der Waals surface area contributed by atoms with Crippen LogP contribution in [-0.2, 0) is 23.9 Å². The SMILES string of the molecule is N#Cc1cc(F)cc2c3c(n(Cc4ccc(C(F)(F)F)cc4)c12)C(CC(=O)O)CCC3. The molecule has 0 spiro atoms. The first-order valence-corrected chi connectivity index (χ1v) is 9.81. The molecule has 1 aliphatic rings. The van der Waals surface area contributed by atoms with Gasteiger partial charge in [0.25, 0.3) is 0 Å². The second-order valence-corrected chi connectivity index (χ2v) is 7.79. The van der Waals surface area contributed by atoms with Crippen LogP contribution in [-0.4, -0.2) is 15.6 Å². The summed E-state index contributed by atoms with van der Waals surface area (Å²) in [5.74, 6) is -1.84. The molecule has 8 heteroatoms. The van der Waals surface area contributed by atoms with E-state index in [1.807, 2.05) is 6.07 Å². The maximum Gasteiger partial charge on any atom is 0.416 e. The van der Waals surface area contributed by atoms with Gasteiger partial charge < -0.3 is 9.67 Å². The number of hydrogen-bond acceptors (Lipinski definition) is 2. The van der Waals surface area contributed by atoms with Crippen LogP contribution in [0, 0.1) is 17.1 Å². The highest BCUT2D eigenvalue weighted by Crippen LogP contribution is 2.42. The highest BCUT2D eigenvalue weighted by atomic mass is 19.4. The van der Waals surface area contributed by atoms with Gasteiger partial charge in [-0.3, -0.25) is 4.79 Å². The number of nitrogens with zero attached hydrogens (tertiary/aromatic N) is 2. The average molecular weight is 430 g/mol. The molecule has 0 saturated heterocycles. The summed E-state index contributed by atoms with van der Waals surface area (Å²) in [7, 11) is 0. The lowest BCUT2D eigenvalue weighted by Gasteiger charge is -2.25. The Hall–Kier alpha value is -3.34. The van der Waals surface area contributed by atoms with Gasteiger partial charge in [0, 0.05) is 23.5 Å². The Morgan fingerprint density at radius 1 is 1.23 bits per heavy atom. The number of hydrogen-bond donors (Lipinski definition) is 1. The summed E-state index contributed by atoms with van der Waals surface area (Å²) >= 11 is 0. The van der Waals surface area contributed by atoms with Crippen LogP contribution in [0.4, 0.5) is 17.6 Å². The zero-order chi connectivity index (χ0) is 22.3. The average Bonchev–Trinajstić information content (AvgIpc) is 3.01. The Morgan fingerprint density at radius 2 is 1.94 bits per heavy atom. The van der Waals surface area contributed by atoms with Crippen LogP contribution in [0.2, 0.25) is 0 Å². The molecule has 4 nitrogen and oxygen atoms in total. The Morgan fingerprint density at radius 3 is 2.55 bits per heavy atom. The number of carboxylic acids is 1. The normalized spacial score (nSPS) is 16.2. The summed E-state index contributed by atoms with van der Waals surface area (Å²) in [4.78, 5) is 11.4. The molecule has 1 N–H and O–H groups in total. The lowest BCUT2D eigenvalue weighted by molar-refractivity contribution is -0.138. The highest BCUT2D eigenvalue weighted by Gasteiger charge is 2.32. The molecule has 0 bridgehead atoms. The number of aliphatic carboxylic acids is 1. The van der Waals surface area contributed by atoms with Crippen molar-refractivity contribution in [2.45, 2.75) is 44.3 Å². The lowest BCUT2D eigenvalue weighted by atomic mass is 9.84. The minimum absolute atomic E-state index is 0.110. The number of aryl methyl sites for hydroxylation is 1. The molecular formula is C23H18F4N2O2. The van der Waals surface area contributed by atoms with E-state index < -0.39 is 23.5 Å². The first kappa shape index (κ1) is 20.9. The van der Waals surface area contributed by atoms with Crippen molar-refractivity contribution in [2.24, 2.45) is 0 Å². The second-order valence-electron chi connectivity index (χ2n) is 7.79. The summed E-state index contributed by atoms with van der Waals surface area (Å²) < 4.78 is 54.7. The zero-order valence-electron chi connectivity index (χ0n) is 16.3. The third kappa shape index (κ3) is 3.88. The maximum absolute atomic E-state index is 14.2. The monoisotopic (exact) mass is 430 g/mol. The molecule has 1 aromatic heterocycles. The van der Waals surface area contributed by atoms with E-state index in [1.54, 1.807) is 4.57 Å². The first-order chi connectivity index (χ1) is 14.7. The number of halogens is 4. The third-order valence-electron chi connectivity index (χ3n) is 5.80. The van der Waals surface area contributed by atoms with E-state index >= 15 is 0 Å². The molecule has 31 heavy (non-hydrogen) atoms. The van der Waals surface area contributed by atoms with Crippen LogP contribution in [0.1, 0.15) is 53.1 Å². The van der Waals surface area contributed by atoms with E-state index in [9.17, 15) is 32.7 Å². The van der Waals surface area contributed by atoms with Gasteiger partial charge in [0.05, 0.1) is 23.1 Å². The van der Waals surface area contributed by atoms with E-state index in [0.717, 1.165) is 35.9 Å². The molecule has 2 aromatic carbocycles. The van der Waals surface area contributed by atoms with E-state index in [1.165, 1.54) is 18.2 Å². The standard InChI is InChI=1S/C23H18F4N2O2/c24-17-8-15(11-28)22-19(10-17)18-3-1-2-14(9-20(30)31)21(18)29(22)12-13-4-6-16(7-5-13)23(25,26)27/h4-8,10,14H,1-3,9,12H2,(H,30,31). The first-order valence-electron chi connectivity index (χ1n) is 9.81. The molecule has 1 atom stereocenters. The minimum atomic E-state index is -4.45. The number of fused-ring (bicyclic) bond motifs is 3. The van der Waals surface area contributed by atoms with Crippen LogP contribution in [0.5, 0.6) is 0 Å². The Bertz CT molecular complexity index is 1200. The summed E-state index contributed by atoms with van der Waals surface area (Å²) in [6.45, 7) is 0.153. The zero-order valence-corrected chi connectivity index (χ0v) is 16.3. The lowest BCUT2D eigenvalue weighted by Crippen LogP contribution is -2.18. The molecule has 4 rings (SSSR count). The van der Waals surface area contributed by atoms with Gasteiger partial charge in [-0.25, -0.2) is 4.39 Å². The highest BCUT2D eigenvalue weighted by molar-refractivity contribution is 5.91. The van der Waals surface area contributed by atoms with Gasteiger partial charge in [-0.05, 0) is 54.7 Å². The van der Waals surface area contributed by atoms with Crippen molar-refractivity contribution < 1.29 is 27.5 Å². The quantitative estimate of drug-likeness (QED) is 0.547. The fourth-order valence-corrected chi connectivity index (χ4v) is 4.57. The van der Waals surface area contributed by atoms with E-state index in [4.69, 9.17) is 0 Å². The molecule has 1 heterocycles. The molecule has 1 unspecified atom stereocenters. The van der Waals surface area contributed by atoms with Gasteiger partial charge in [0.15, 0.2) is 0 Å². The van der Waals surface area contributed by atoms with E-state index in [-0.39, 0.29) is 24.4 Å². The number of nitriles is 1. The molecule has 1 aliphatic carbocycles. The van der Waals surface area contributed by atoms with Crippen molar-refractivity contribution in [2.75, 3.05) is 0 Å². The summed E-state index contributed by atoms with van der Waals surface area (Å²) in [5, 5.41) is 19.5. The Labute approximate surface area is 175 Å². The third-order valence-corrected chi connectivity index (χ3v) is 5.80. The largest absolute Gasteiger partial charge is 0.481 e. The van der Waals surface area contributed by atoms with Gasteiger partial charge in [0.2, 0.25) is 0 Å². The number of alkyl halides is 3. The molecule has 3 aromatic rings. The van der Waals surface area contributed by atoms with Crippen molar-refractivity contribution in [3.8, 4) is 6.07 Å². The summed E-state index contributed by atoms with van der Waals surface area (Å²) in [6.07, 6.45) is -2.57. The van der Waals surface area contributed by atoms with E-state index in [2.05, 4.69) is 0 Å². The molecule has 0 fully saturated rings. The van der Waals surface area contributed by atoms with Crippen LogP contribution >= 0.6 is 0 Å². The molecule has 0 saturated carbocycles. The number of aromatic nitrogens is 1. The molecule has 0 radical (unpaired) electrons. The van der Waals surface area contributed by atoms with Crippen molar-refractivity contribution in [3.05, 3.63) is 70.2 Å². The number of rotatable bonds is 4. The van der Waals surface area contributed by atoms with Crippen molar-refractivity contribution >= 4 is 16.9 Å². The van der Waals surface area contributed by atoms with Crippen LogP contribution in [0.3, 0.4) is 0 Å². The smallest absolute Gasteiger partial charge is 0.416 e. The summed E-state index contributed by atoms with van der Waals surface area (Å²) in [5.41, 5.74) is 1.96. The van der Waals surface area contributed by atoms with Gasteiger partial charge >= 0.3 is 12.1 Å². The van der Waals surface area contributed by atoms with Crippen LogP contribution < -0.4 is 0 Å². The van der Waals surface area contributed by atoms with Crippen molar-refractivity contribution in [1.82, 2.24) is 4.57 Å². The fourth-order valence-electron chi connectivity index (χ4n) is 4.57. The van der Waals surface area contributed by atoms with Gasteiger partial charge in [-0.1, -0.05) is 12.1 Å². The molecule has 160 valence electrons. The van der Waals surface area contributed by atoms with Gasteiger partial charge in [0.1, 0.15) is 11.9 Å². The number of carbonyl (C=O) groups is 1. The van der Waals surface area contributed by atoms with E-state index in [0.29, 0.717) is 29.3 Å².